The third kappa shape index (κ3) is 6.46. The topological polar surface area (TPSA) is 73.5 Å². The van der Waals surface area contributed by atoms with Gasteiger partial charge in [0.2, 0.25) is 0 Å². The highest BCUT2D eigenvalue weighted by atomic mass is 32.1. The van der Waals surface area contributed by atoms with E-state index in [-0.39, 0.29) is 0 Å². The molecule has 0 aliphatic heterocycles. The molecule has 6 nitrogen and oxygen atoms in total. The third-order valence-electron chi connectivity index (χ3n) is 3.35. The van der Waals surface area contributed by atoms with Gasteiger partial charge < -0.3 is 10.6 Å². The second-order valence-electron chi connectivity index (χ2n) is 5.16. The minimum absolute atomic E-state index is 0.374. The average Bonchev–Trinajstić information content (AvgIpc) is 2.71. The largest absolute Gasteiger partial charge is 0.366 e. The van der Waals surface area contributed by atoms with Crippen LogP contribution in [0.4, 0.5) is 0 Å². The lowest BCUT2D eigenvalue weighted by molar-refractivity contribution is 1.13. The molecule has 0 unspecified atom stereocenters. The van der Waals surface area contributed by atoms with Gasteiger partial charge in [0.25, 0.3) is 0 Å². The average molecular weight is 417 g/mol. The van der Waals surface area contributed by atoms with E-state index in [0.717, 1.165) is 16.0 Å². The van der Waals surface area contributed by atoms with Gasteiger partial charge in [0, 0.05) is 30.1 Å². The summed E-state index contributed by atoms with van der Waals surface area (Å²) in [6.07, 6.45) is 0. The maximum Gasteiger partial charge on any atom is 0.179 e. The third-order valence-corrected chi connectivity index (χ3v) is 4.27. The first-order valence-electron chi connectivity index (χ1n) is 7.95. The first-order valence-corrected chi connectivity index (χ1v) is 9.29. The molecule has 2 aromatic carbocycles. The first kappa shape index (κ1) is 21.1. The van der Waals surface area contributed by atoms with Crippen LogP contribution in [0.2, 0.25) is 0 Å². The normalized spacial score (nSPS) is 13.5. The second-order valence-corrected chi connectivity index (χ2v) is 6.52. The lowest BCUT2D eigenvalue weighted by Gasteiger charge is -2.09. The van der Waals surface area contributed by atoms with E-state index in [9.17, 15) is 0 Å². The van der Waals surface area contributed by atoms with Crippen molar-refractivity contribution < 1.29 is 0 Å². The summed E-state index contributed by atoms with van der Waals surface area (Å²) < 4.78 is 0. The maximum absolute atomic E-state index is 4.37. The van der Waals surface area contributed by atoms with E-state index in [1.807, 2.05) is 54.6 Å². The van der Waals surface area contributed by atoms with Crippen LogP contribution in [0, 0.1) is 0 Å². The molecule has 140 valence electrons. The van der Waals surface area contributed by atoms with E-state index in [1.54, 1.807) is 14.1 Å². The smallest absolute Gasteiger partial charge is 0.179 e. The minimum atomic E-state index is 0.374. The standard InChI is InChI=1S/C18H20N6S3/c1-19-17(26)23-21-15(12-6-4-3-5-7-12)16(22-24-18(27)20-2)13-8-10-14(25)11-9-13/h3-11,25H,1-2H3,(H2,19,23,26)(H2,20,24,27)/b21-15+,22-16+. The van der Waals surface area contributed by atoms with Crippen LogP contribution in [0.25, 0.3) is 0 Å². The molecule has 9 heteroatoms. The monoisotopic (exact) mass is 416 g/mol. The van der Waals surface area contributed by atoms with Crippen molar-refractivity contribution in [3.63, 3.8) is 0 Å². The first-order chi connectivity index (χ1) is 13.0. The highest BCUT2D eigenvalue weighted by Crippen LogP contribution is 2.14. The number of rotatable bonds is 5. The summed E-state index contributed by atoms with van der Waals surface area (Å²) in [6, 6.07) is 17.2. The zero-order chi connectivity index (χ0) is 19.6. The second kappa shape index (κ2) is 10.8. The van der Waals surface area contributed by atoms with Gasteiger partial charge in [-0.25, -0.2) is 0 Å². The van der Waals surface area contributed by atoms with Gasteiger partial charge in [-0.1, -0.05) is 42.5 Å². The molecule has 0 aliphatic rings. The summed E-state index contributed by atoms with van der Waals surface area (Å²) >= 11 is 12.8. The van der Waals surface area contributed by atoms with Gasteiger partial charge in [-0.15, -0.1) is 58.3 Å². The van der Waals surface area contributed by atoms with Gasteiger partial charge in [0.15, 0.2) is 10.3 Å². The van der Waals surface area contributed by atoms with Crippen LogP contribution >= 0.6 is 37.9 Å². The van der Waals surface area contributed by atoms with Crippen molar-refractivity contribution in [2.24, 2.45) is 20.4 Å². The van der Waals surface area contributed by atoms with Crippen molar-refractivity contribution in [2.45, 2.75) is 4.90 Å². The zero-order valence-corrected chi connectivity index (χ0v) is 17.5. The van der Waals surface area contributed by atoms with Crippen LogP contribution in [0.1, 0.15) is 11.1 Å². The summed E-state index contributed by atoms with van der Waals surface area (Å²) in [4.78, 5) is 0.843. The van der Waals surface area contributed by atoms with Gasteiger partial charge in [-0.3, -0.25) is 0 Å². The summed E-state index contributed by atoms with van der Waals surface area (Å²) in [5.74, 6) is 0. The van der Waals surface area contributed by atoms with Gasteiger partial charge >= 0.3 is 0 Å². The summed E-state index contributed by atoms with van der Waals surface area (Å²) in [7, 11) is 3.43. The number of thiol groups is 3. The Hall–Kier alpha value is -2.23. The fourth-order valence-electron chi connectivity index (χ4n) is 1.99. The predicted octanol–water partition coefficient (Wildman–Crippen LogP) is 3.09. The molecule has 2 N–H and O–H groups in total. The van der Waals surface area contributed by atoms with Crippen LogP contribution in [-0.2, 0) is 0 Å². The molecule has 2 aromatic rings. The molecule has 0 saturated carbocycles. The van der Waals surface area contributed by atoms with E-state index in [4.69, 9.17) is 0 Å². The molecule has 0 radical (unpaired) electrons. The van der Waals surface area contributed by atoms with Gasteiger partial charge in [0.05, 0.1) is 0 Å². The van der Waals surface area contributed by atoms with E-state index in [1.165, 1.54) is 0 Å². The molecular weight excluding hydrogens is 396 g/mol. The Kier molecular flexibility index (Phi) is 8.43. The molecule has 0 fully saturated rings. The van der Waals surface area contributed by atoms with Crippen molar-refractivity contribution in [3.8, 4) is 0 Å². The molecule has 0 atom stereocenters. The van der Waals surface area contributed by atoms with Crippen molar-refractivity contribution in [2.75, 3.05) is 14.1 Å². The van der Waals surface area contributed by atoms with Crippen LogP contribution in [0.5, 0.6) is 0 Å². The number of hydrogen-bond acceptors (Lipinski definition) is 5. The molecule has 27 heavy (non-hydrogen) atoms. The lowest BCUT2D eigenvalue weighted by Crippen LogP contribution is -2.19. The maximum atomic E-state index is 4.37. The van der Waals surface area contributed by atoms with Crippen LogP contribution in [-0.4, -0.2) is 35.9 Å². The van der Waals surface area contributed by atoms with Crippen molar-refractivity contribution >= 4 is 59.6 Å². The fraction of sp³-hybridized carbons (Fsp3) is 0.111. The highest BCUT2D eigenvalue weighted by molar-refractivity contribution is 7.97. The fourth-order valence-corrected chi connectivity index (χ4v) is 2.23. The predicted molar refractivity (Wildman–Crippen MR) is 124 cm³/mol. The molecule has 0 bridgehead atoms. The number of nitrogens with one attached hydrogen (secondary N) is 2. The lowest BCUT2D eigenvalue weighted by atomic mass is 10.00. The van der Waals surface area contributed by atoms with Crippen LogP contribution in [0.3, 0.4) is 0 Å². The Labute approximate surface area is 175 Å². The Morgan fingerprint density at radius 3 is 1.56 bits per heavy atom. The number of amidine groups is 2. The molecule has 0 aliphatic carbocycles. The molecular formula is C18H20N6S3. The van der Waals surface area contributed by atoms with Crippen molar-refractivity contribution in [1.82, 2.24) is 10.6 Å². The van der Waals surface area contributed by atoms with Crippen LogP contribution in [0.15, 0.2) is 79.9 Å². The van der Waals surface area contributed by atoms with E-state index in [0.29, 0.717) is 21.8 Å². The Balaban J connectivity index is 2.67. The van der Waals surface area contributed by atoms with Crippen molar-refractivity contribution in [3.05, 3.63) is 65.7 Å². The summed E-state index contributed by atoms with van der Waals surface area (Å²) in [6.45, 7) is 0. The quantitative estimate of drug-likeness (QED) is 0.225. The van der Waals surface area contributed by atoms with E-state index >= 15 is 0 Å². The SMILES string of the molecule is CN/C(S)=N/N=C(/C(=N/N=C(\S)NC)c1ccc(S)cc1)c1ccccc1. The summed E-state index contributed by atoms with van der Waals surface area (Å²) in [5, 5.41) is 23.4. The molecule has 0 amide bonds. The molecule has 0 saturated heterocycles. The van der Waals surface area contributed by atoms with Crippen molar-refractivity contribution in [1.29, 1.82) is 0 Å². The summed E-state index contributed by atoms with van der Waals surface area (Å²) in [5.41, 5.74) is 2.74. The molecule has 0 aromatic heterocycles. The number of hydrogen-bond donors (Lipinski definition) is 5. The Morgan fingerprint density at radius 2 is 1.11 bits per heavy atom. The number of benzene rings is 2. The van der Waals surface area contributed by atoms with Gasteiger partial charge in [-0.05, 0) is 12.1 Å². The molecule has 2 rings (SSSR count). The molecule has 0 heterocycles. The number of nitrogens with zero attached hydrogens (tertiary/aromatic N) is 4. The minimum Gasteiger partial charge on any atom is -0.366 e. The zero-order valence-electron chi connectivity index (χ0n) is 14.8. The van der Waals surface area contributed by atoms with Crippen LogP contribution < -0.4 is 10.6 Å². The van der Waals surface area contributed by atoms with E-state index < -0.39 is 0 Å². The van der Waals surface area contributed by atoms with E-state index in [2.05, 4.69) is 68.9 Å². The Morgan fingerprint density at radius 1 is 0.667 bits per heavy atom. The Bertz CT molecular complexity index is 874. The molecule has 0 spiro atoms. The highest BCUT2D eigenvalue weighted by Gasteiger charge is 2.15. The van der Waals surface area contributed by atoms with Gasteiger partial charge in [0.1, 0.15) is 11.4 Å². The van der Waals surface area contributed by atoms with Gasteiger partial charge in [-0.2, -0.15) is 0 Å².